The highest BCUT2D eigenvalue weighted by atomic mass is 16.5. The van der Waals surface area contributed by atoms with Gasteiger partial charge in [0.25, 0.3) is 0 Å². The Balaban J connectivity index is 1.76. The van der Waals surface area contributed by atoms with Gasteiger partial charge < -0.3 is 15.4 Å². The van der Waals surface area contributed by atoms with Gasteiger partial charge in [-0.3, -0.25) is 4.79 Å². The van der Waals surface area contributed by atoms with Gasteiger partial charge in [-0.2, -0.15) is 0 Å². The van der Waals surface area contributed by atoms with Crippen molar-refractivity contribution >= 4 is 5.91 Å². The lowest BCUT2D eigenvalue weighted by molar-refractivity contribution is -0.123. The Morgan fingerprint density at radius 3 is 2.94 bits per heavy atom. The van der Waals surface area contributed by atoms with Crippen molar-refractivity contribution in [1.29, 1.82) is 0 Å². The number of carbonyl (C=O) groups excluding carboxylic acids is 1. The summed E-state index contributed by atoms with van der Waals surface area (Å²) in [6, 6.07) is 0.695. The molecule has 4 atom stereocenters. The summed E-state index contributed by atoms with van der Waals surface area (Å²) in [5.74, 6) is 0.869. The second kappa shape index (κ2) is 6.53. The molecule has 0 aromatic heterocycles. The van der Waals surface area contributed by atoms with Gasteiger partial charge in [-0.15, -0.1) is 0 Å². The van der Waals surface area contributed by atoms with Gasteiger partial charge in [-0.1, -0.05) is 12.8 Å². The number of hydrogen-bond donors (Lipinski definition) is 2. The normalized spacial score (nSPS) is 32.9. The summed E-state index contributed by atoms with van der Waals surface area (Å²) in [5.41, 5.74) is 0. The van der Waals surface area contributed by atoms with E-state index in [0.29, 0.717) is 19.3 Å². The molecule has 4 nitrogen and oxygen atoms in total. The first-order valence-electron chi connectivity index (χ1n) is 7.35. The molecule has 0 bridgehead atoms. The third kappa shape index (κ3) is 3.45. The maximum Gasteiger partial charge on any atom is 0.237 e. The second-order valence-electron chi connectivity index (χ2n) is 5.68. The summed E-state index contributed by atoms with van der Waals surface area (Å²) in [5, 5.41) is 6.54. The van der Waals surface area contributed by atoms with E-state index in [-0.39, 0.29) is 18.0 Å². The van der Waals surface area contributed by atoms with E-state index in [2.05, 4.69) is 10.6 Å². The van der Waals surface area contributed by atoms with Crippen molar-refractivity contribution in [2.45, 2.75) is 64.1 Å². The molecule has 0 aromatic rings. The van der Waals surface area contributed by atoms with Gasteiger partial charge in [0.1, 0.15) is 0 Å². The molecule has 4 unspecified atom stereocenters. The molecule has 18 heavy (non-hydrogen) atoms. The second-order valence-corrected chi connectivity index (χ2v) is 5.68. The van der Waals surface area contributed by atoms with Gasteiger partial charge in [0, 0.05) is 18.7 Å². The van der Waals surface area contributed by atoms with Crippen LogP contribution in [0.3, 0.4) is 0 Å². The first-order valence-corrected chi connectivity index (χ1v) is 7.35. The van der Waals surface area contributed by atoms with E-state index in [4.69, 9.17) is 4.74 Å². The van der Waals surface area contributed by atoms with Crippen molar-refractivity contribution in [3.63, 3.8) is 0 Å². The lowest BCUT2D eigenvalue weighted by atomic mass is 9.85. The molecule has 2 aliphatic rings. The van der Waals surface area contributed by atoms with Crippen LogP contribution in [0.5, 0.6) is 0 Å². The molecule has 0 radical (unpaired) electrons. The van der Waals surface area contributed by atoms with E-state index in [9.17, 15) is 4.79 Å². The number of rotatable bonds is 5. The molecule has 1 heterocycles. The SMILES string of the molecule is CCOCC(C)NC(=O)C1CC2CCCCC2N1. The fourth-order valence-electron chi connectivity index (χ4n) is 3.20. The highest BCUT2D eigenvalue weighted by molar-refractivity contribution is 5.82. The van der Waals surface area contributed by atoms with Crippen molar-refractivity contribution in [3.05, 3.63) is 0 Å². The van der Waals surface area contributed by atoms with Crippen LogP contribution in [-0.2, 0) is 9.53 Å². The van der Waals surface area contributed by atoms with E-state index in [1.165, 1.54) is 25.7 Å². The van der Waals surface area contributed by atoms with Gasteiger partial charge in [0.05, 0.1) is 12.6 Å². The van der Waals surface area contributed by atoms with E-state index in [0.717, 1.165) is 12.3 Å². The van der Waals surface area contributed by atoms with Crippen LogP contribution in [0.4, 0.5) is 0 Å². The average Bonchev–Trinajstić information content (AvgIpc) is 2.80. The summed E-state index contributed by atoms with van der Waals surface area (Å²) in [4.78, 5) is 12.1. The highest BCUT2D eigenvalue weighted by Gasteiger charge is 2.38. The van der Waals surface area contributed by atoms with Crippen LogP contribution >= 0.6 is 0 Å². The van der Waals surface area contributed by atoms with Gasteiger partial charge in [-0.05, 0) is 39.0 Å². The lowest BCUT2D eigenvalue weighted by Gasteiger charge is -2.24. The Morgan fingerprint density at radius 2 is 2.22 bits per heavy atom. The molecule has 2 rings (SSSR count). The van der Waals surface area contributed by atoms with Crippen LogP contribution in [0.1, 0.15) is 46.0 Å². The zero-order valence-electron chi connectivity index (χ0n) is 11.6. The third-order valence-electron chi connectivity index (χ3n) is 4.14. The Morgan fingerprint density at radius 1 is 1.44 bits per heavy atom. The summed E-state index contributed by atoms with van der Waals surface area (Å²) >= 11 is 0. The van der Waals surface area contributed by atoms with Crippen LogP contribution < -0.4 is 10.6 Å². The molecular formula is C14H26N2O2. The predicted molar refractivity (Wildman–Crippen MR) is 71.4 cm³/mol. The minimum atomic E-state index is 0.0159. The number of hydrogen-bond acceptors (Lipinski definition) is 3. The molecule has 2 N–H and O–H groups in total. The van der Waals surface area contributed by atoms with E-state index < -0.39 is 0 Å². The molecular weight excluding hydrogens is 228 g/mol. The summed E-state index contributed by atoms with van der Waals surface area (Å²) < 4.78 is 5.32. The quantitative estimate of drug-likeness (QED) is 0.780. The van der Waals surface area contributed by atoms with Crippen molar-refractivity contribution in [2.24, 2.45) is 5.92 Å². The number of nitrogens with one attached hydrogen (secondary N) is 2. The van der Waals surface area contributed by atoms with Crippen molar-refractivity contribution in [1.82, 2.24) is 10.6 Å². The van der Waals surface area contributed by atoms with Crippen molar-refractivity contribution in [2.75, 3.05) is 13.2 Å². The molecule has 0 spiro atoms. The zero-order chi connectivity index (χ0) is 13.0. The molecule has 0 aromatic carbocycles. The summed E-state index contributed by atoms with van der Waals surface area (Å²) in [6.45, 7) is 5.27. The smallest absolute Gasteiger partial charge is 0.237 e. The Hall–Kier alpha value is -0.610. The Kier molecular flexibility index (Phi) is 5.01. The molecule has 1 saturated heterocycles. The fourth-order valence-corrected chi connectivity index (χ4v) is 3.20. The monoisotopic (exact) mass is 254 g/mol. The van der Waals surface area contributed by atoms with E-state index >= 15 is 0 Å². The first-order chi connectivity index (χ1) is 8.70. The van der Waals surface area contributed by atoms with Crippen LogP contribution in [0, 0.1) is 5.92 Å². The molecule has 1 aliphatic heterocycles. The fraction of sp³-hybridized carbons (Fsp3) is 0.929. The van der Waals surface area contributed by atoms with Crippen LogP contribution in [0.15, 0.2) is 0 Å². The van der Waals surface area contributed by atoms with Crippen LogP contribution in [0.25, 0.3) is 0 Å². The van der Waals surface area contributed by atoms with Gasteiger partial charge in [-0.25, -0.2) is 0 Å². The first kappa shape index (κ1) is 13.8. The minimum Gasteiger partial charge on any atom is -0.380 e. The van der Waals surface area contributed by atoms with Gasteiger partial charge >= 0.3 is 0 Å². The van der Waals surface area contributed by atoms with Gasteiger partial charge in [0.2, 0.25) is 5.91 Å². The Labute approximate surface area is 110 Å². The predicted octanol–water partition coefficient (Wildman–Crippen LogP) is 1.45. The van der Waals surface area contributed by atoms with E-state index in [1.54, 1.807) is 0 Å². The molecule has 1 aliphatic carbocycles. The van der Waals surface area contributed by atoms with E-state index in [1.807, 2.05) is 13.8 Å². The lowest BCUT2D eigenvalue weighted by Crippen LogP contribution is -2.47. The molecule has 1 amide bonds. The number of carbonyl (C=O) groups is 1. The van der Waals surface area contributed by atoms with Crippen LogP contribution in [-0.4, -0.2) is 37.2 Å². The molecule has 1 saturated carbocycles. The minimum absolute atomic E-state index is 0.0159. The Bertz CT molecular complexity index is 269. The zero-order valence-corrected chi connectivity index (χ0v) is 11.6. The highest BCUT2D eigenvalue weighted by Crippen LogP contribution is 2.33. The number of ether oxygens (including phenoxy) is 1. The maximum atomic E-state index is 12.1. The molecule has 104 valence electrons. The summed E-state index contributed by atoms with van der Waals surface area (Å²) in [6.07, 6.45) is 6.18. The third-order valence-corrected chi connectivity index (χ3v) is 4.14. The topological polar surface area (TPSA) is 50.4 Å². The summed E-state index contributed by atoms with van der Waals surface area (Å²) in [7, 11) is 0. The molecule has 4 heteroatoms. The van der Waals surface area contributed by atoms with Gasteiger partial charge in [0.15, 0.2) is 0 Å². The maximum absolute atomic E-state index is 12.1. The number of fused-ring (bicyclic) bond motifs is 1. The largest absolute Gasteiger partial charge is 0.380 e. The standard InChI is InChI=1S/C14H26N2O2/c1-3-18-9-10(2)15-14(17)13-8-11-6-4-5-7-12(11)16-13/h10-13,16H,3-9H2,1-2H3,(H,15,17). The number of amides is 1. The average molecular weight is 254 g/mol. The van der Waals surface area contributed by atoms with Crippen molar-refractivity contribution < 1.29 is 9.53 Å². The van der Waals surface area contributed by atoms with Crippen molar-refractivity contribution in [3.8, 4) is 0 Å². The molecule has 2 fully saturated rings. The van der Waals surface area contributed by atoms with Crippen LogP contribution in [0.2, 0.25) is 0 Å².